The molecule has 6 heteroatoms. The van der Waals surface area contributed by atoms with Gasteiger partial charge < -0.3 is 5.32 Å². The van der Waals surface area contributed by atoms with Crippen molar-refractivity contribution in [3.63, 3.8) is 0 Å². The van der Waals surface area contributed by atoms with Crippen LogP contribution in [-0.2, 0) is 12.6 Å². The zero-order valence-corrected chi connectivity index (χ0v) is 13.7. The third-order valence-electron chi connectivity index (χ3n) is 4.58. The van der Waals surface area contributed by atoms with E-state index >= 15 is 0 Å². The van der Waals surface area contributed by atoms with Gasteiger partial charge in [0.1, 0.15) is 5.82 Å². The highest BCUT2D eigenvalue weighted by atomic mass is 19.4. The molecule has 2 aromatic rings. The van der Waals surface area contributed by atoms with E-state index in [1.54, 1.807) is 18.2 Å². The number of piperazine rings is 1. The lowest BCUT2D eigenvalue weighted by Gasteiger charge is -2.35. The Hall–Kier alpha value is -1.92. The minimum Gasteiger partial charge on any atom is -0.314 e. The minimum absolute atomic E-state index is 0.216. The molecule has 1 fully saturated rings. The van der Waals surface area contributed by atoms with Gasteiger partial charge in [-0.1, -0.05) is 30.3 Å². The lowest BCUT2D eigenvalue weighted by atomic mass is 9.93. The Kier molecular flexibility index (Phi) is 5.39. The Morgan fingerprint density at radius 3 is 2.24 bits per heavy atom. The number of nitrogens with one attached hydrogen (secondary N) is 1. The smallest absolute Gasteiger partial charge is 0.314 e. The molecule has 0 amide bonds. The molecular weight excluding hydrogens is 332 g/mol. The van der Waals surface area contributed by atoms with Crippen LogP contribution in [0.15, 0.2) is 48.5 Å². The van der Waals surface area contributed by atoms with Crippen molar-refractivity contribution in [2.24, 2.45) is 0 Å². The molecule has 0 aliphatic carbocycles. The second kappa shape index (κ2) is 7.54. The van der Waals surface area contributed by atoms with E-state index in [0.29, 0.717) is 0 Å². The van der Waals surface area contributed by atoms with Gasteiger partial charge >= 0.3 is 6.18 Å². The van der Waals surface area contributed by atoms with Gasteiger partial charge in [-0.15, -0.1) is 0 Å². The molecule has 3 rings (SSSR count). The molecule has 0 bridgehead atoms. The Morgan fingerprint density at radius 1 is 0.960 bits per heavy atom. The van der Waals surface area contributed by atoms with Gasteiger partial charge in [0.15, 0.2) is 0 Å². The molecular formula is C19H20F4N2. The van der Waals surface area contributed by atoms with E-state index in [-0.39, 0.29) is 23.8 Å². The fraction of sp³-hybridized carbons (Fsp3) is 0.368. The summed E-state index contributed by atoms with van der Waals surface area (Å²) in [5.41, 5.74) is 0.500. The van der Waals surface area contributed by atoms with E-state index < -0.39 is 11.7 Å². The fourth-order valence-corrected chi connectivity index (χ4v) is 3.32. The van der Waals surface area contributed by atoms with E-state index in [2.05, 4.69) is 10.2 Å². The van der Waals surface area contributed by atoms with E-state index in [9.17, 15) is 17.6 Å². The van der Waals surface area contributed by atoms with E-state index in [0.717, 1.165) is 37.8 Å². The van der Waals surface area contributed by atoms with Crippen molar-refractivity contribution in [2.45, 2.75) is 18.6 Å². The fourth-order valence-electron chi connectivity index (χ4n) is 3.32. The second-order valence-electron chi connectivity index (χ2n) is 6.21. The quantitative estimate of drug-likeness (QED) is 0.836. The van der Waals surface area contributed by atoms with Gasteiger partial charge in [-0.3, -0.25) is 4.90 Å². The van der Waals surface area contributed by atoms with Gasteiger partial charge in [0.2, 0.25) is 0 Å². The third-order valence-corrected chi connectivity index (χ3v) is 4.58. The number of rotatable bonds is 4. The summed E-state index contributed by atoms with van der Waals surface area (Å²) in [4.78, 5) is 2.16. The highest BCUT2D eigenvalue weighted by molar-refractivity contribution is 5.32. The van der Waals surface area contributed by atoms with Gasteiger partial charge in [0.05, 0.1) is 5.56 Å². The molecule has 1 aliphatic heterocycles. The predicted octanol–water partition coefficient (Wildman–Crippen LogP) is 4.03. The monoisotopic (exact) mass is 352 g/mol. The molecule has 2 nitrogen and oxygen atoms in total. The number of halogens is 4. The Balaban J connectivity index is 1.94. The number of alkyl halides is 3. The summed E-state index contributed by atoms with van der Waals surface area (Å²) < 4.78 is 53.2. The molecule has 2 aromatic carbocycles. The number of hydrogen-bond donors (Lipinski definition) is 1. The third kappa shape index (κ3) is 4.38. The zero-order chi connectivity index (χ0) is 17.9. The van der Waals surface area contributed by atoms with E-state index in [1.165, 1.54) is 24.3 Å². The molecule has 0 spiro atoms. The van der Waals surface area contributed by atoms with Crippen molar-refractivity contribution in [3.8, 4) is 0 Å². The molecule has 134 valence electrons. The first kappa shape index (κ1) is 17.9. The topological polar surface area (TPSA) is 15.3 Å². The van der Waals surface area contributed by atoms with Crippen molar-refractivity contribution in [2.75, 3.05) is 26.2 Å². The summed E-state index contributed by atoms with van der Waals surface area (Å²) in [5.74, 6) is -0.349. The van der Waals surface area contributed by atoms with Gasteiger partial charge in [-0.25, -0.2) is 4.39 Å². The van der Waals surface area contributed by atoms with Crippen molar-refractivity contribution in [1.29, 1.82) is 0 Å². The number of benzene rings is 2. The van der Waals surface area contributed by atoms with E-state index in [1.807, 2.05) is 0 Å². The van der Waals surface area contributed by atoms with Crippen molar-refractivity contribution in [3.05, 3.63) is 71.0 Å². The Morgan fingerprint density at radius 2 is 1.60 bits per heavy atom. The van der Waals surface area contributed by atoms with E-state index in [4.69, 9.17) is 0 Å². The molecule has 1 atom stereocenters. The lowest BCUT2D eigenvalue weighted by Crippen LogP contribution is -2.45. The Bertz CT molecular complexity index is 691. The molecule has 1 heterocycles. The summed E-state index contributed by atoms with van der Waals surface area (Å²) in [5, 5.41) is 3.25. The van der Waals surface area contributed by atoms with Crippen LogP contribution in [0, 0.1) is 5.82 Å². The SMILES string of the molecule is Fc1ccc(C(Cc2ccccc2C(F)(F)F)N2CCNCC2)cc1. The summed E-state index contributed by atoms with van der Waals surface area (Å²) >= 11 is 0. The van der Waals surface area contributed by atoms with Crippen molar-refractivity contribution in [1.82, 2.24) is 10.2 Å². The van der Waals surface area contributed by atoms with Gasteiger partial charge in [-0.2, -0.15) is 13.2 Å². The molecule has 1 unspecified atom stereocenters. The van der Waals surface area contributed by atoms with Gasteiger partial charge in [0, 0.05) is 32.2 Å². The van der Waals surface area contributed by atoms with Crippen LogP contribution in [0.1, 0.15) is 22.7 Å². The summed E-state index contributed by atoms with van der Waals surface area (Å²) in [6, 6.07) is 11.5. The average Bonchev–Trinajstić information content (AvgIpc) is 2.61. The van der Waals surface area contributed by atoms with Crippen LogP contribution < -0.4 is 5.32 Å². The second-order valence-corrected chi connectivity index (χ2v) is 6.21. The first-order valence-electron chi connectivity index (χ1n) is 8.30. The molecule has 0 aromatic heterocycles. The van der Waals surface area contributed by atoms with Crippen LogP contribution in [0.2, 0.25) is 0 Å². The average molecular weight is 352 g/mol. The first-order valence-corrected chi connectivity index (χ1v) is 8.30. The summed E-state index contributed by atoms with van der Waals surface area (Å²) in [7, 11) is 0. The Labute approximate surface area is 144 Å². The first-order chi connectivity index (χ1) is 11.9. The molecule has 25 heavy (non-hydrogen) atoms. The summed E-state index contributed by atoms with van der Waals surface area (Å²) in [6.45, 7) is 3.07. The molecule has 0 radical (unpaired) electrons. The lowest BCUT2D eigenvalue weighted by molar-refractivity contribution is -0.138. The standard InChI is InChI=1S/C19H20F4N2/c20-16-7-5-14(6-8-16)18(25-11-9-24-10-12-25)13-15-3-1-2-4-17(15)19(21,22)23/h1-8,18,24H,9-13H2. The van der Waals surface area contributed by atoms with Crippen LogP contribution in [0.25, 0.3) is 0 Å². The highest BCUT2D eigenvalue weighted by Gasteiger charge is 2.34. The van der Waals surface area contributed by atoms with Crippen LogP contribution in [0.5, 0.6) is 0 Å². The maximum Gasteiger partial charge on any atom is 0.416 e. The van der Waals surface area contributed by atoms with Gasteiger partial charge in [-0.05, 0) is 35.7 Å². The van der Waals surface area contributed by atoms with Gasteiger partial charge in [0.25, 0.3) is 0 Å². The minimum atomic E-state index is -4.38. The molecule has 1 N–H and O–H groups in total. The number of nitrogens with zero attached hydrogens (tertiary/aromatic N) is 1. The molecule has 1 aliphatic rings. The maximum atomic E-state index is 13.3. The predicted molar refractivity (Wildman–Crippen MR) is 88.7 cm³/mol. The zero-order valence-electron chi connectivity index (χ0n) is 13.7. The number of hydrogen-bond acceptors (Lipinski definition) is 2. The molecule has 0 saturated carbocycles. The normalized spacial score (nSPS) is 17.4. The molecule has 1 saturated heterocycles. The van der Waals surface area contributed by atoms with Crippen LogP contribution in [0.4, 0.5) is 17.6 Å². The maximum absolute atomic E-state index is 13.3. The van der Waals surface area contributed by atoms with Crippen LogP contribution in [-0.4, -0.2) is 31.1 Å². The highest BCUT2D eigenvalue weighted by Crippen LogP contribution is 2.35. The van der Waals surface area contributed by atoms with Crippen LogP contribution in [0.3, 0.4) is 0 Å². The summed E-state index contributed by atoms with van der Waals surface area (Å²) in [6.07, 6.45) is -4.14. The van der Waals surface area contributed by atoms with Crippen molar-refractivity contribution >= 4 is 0 Å². The van der Waals surface area contributed by atoms with Crippen molar-refractivity contribution < 1.29 is 17.6 Å². The van der Waals surface area contributed by atoms with Crippen LogP contribution >= 0.6 is 0 Å². The largest absolute Gasteiger partial charge is 0.416 e.